The Morgan fingerprint density at radius 3 is 2.50 bits per heavy atom. The summed E-state index contributed by atoms with van der Waals surface area (Å²) in [4.78, 5) is 4.18. The van der Waals surface area contributed by atoms with E-state index in [1.54, 1.807) is 12.3 Å². The van der Waals surface area contributed by atoms with Crippen LogP contribution in [0.3, 0.4) is 0 Å². The van der Waals surface area contributed by atoms with E-state index < -0.39 is 0 Å². The number of nitrogens with zero attached hydrogens (tertiary/aromatic N) is 1. The minimum Gasteiger partial charge on any atom is -0.309 e. The second-order valence-electron chi connectivity index (χ2n) is 4.51. The van der Waals surface area contributed by atoms with Gasteiger partial charge in [-0.25, -0.2) is 4.39 Å². The zero-order valence-corrected chi connectivity index (χ0v) is 10.9. The van der Waals surface area contributed by atoms with Gasteiger partial charge < -0.3 is 5.32 Å². The SMILES string of the molecule is CNC(c1cc(C)cc(F)c1)c1ccnc(C)c1. The lowest BCUT2D eigenvalue weighted by Gasteiger charge is -2.18. The summed E-state index contributed by atoms with van der Waals surface area (Å²) in [5, 5.41) is 3.22. The van der Waals surface area contributed by atoms with Gasteiger partial charge >= 0.3 is 0 Å². The van der Waals surface area contributed by atoms with E-state index in [0.29, 0.717) is 0 Å². The number of aryl methyl sites for hydroxylation is 2. The van der Waals surface area contributed by atoms with Gasteiger partial charge in [0.1, 0.15) is 5.82 Å². The van der Waals surface area contributed by atoms with Crippen LogP contribution in [0.1, 0.15) is 28.4 Å². The molecule has 2 rings (SSSR count). The van der Waals surface area contributed by atoms with Crippen LogP contribution in [-0.4, -0.2) is 12.0 Å². The molecule has 1 unspecified atom stereocenters. The van der Waals surface area contributed by atoms with Crippen molar-refractivity contribution >= 4 is 0 Å². The van der Waals surface area contributed by atoms with Crippen molar-refractivity contribution in [3.05, 3.63) is 64.7 Å². The van der Waals surface area contributed by atoms with Crippen molar-refractivity contribution in [3.63, 3.8) is 0 Å². The third-order valence-electron chi connectivity index (χ3n) is 2.94. The van der Waals surface area contributed by atoms with Gasteiger partial charge in [-0.15, -0.1) is 0 Å². The van der Waals surface area contributed by atoms with Crippen LogP contribution in [0.2, 0.25) is 0 Å². The number of rotatable bonds is 3. The maximum Gasteiger partial charge on any atom is 0.123 e. The summed E-state index contributed by atoms with van der Waals surface area (Å²) in [6.45, 7) is 3.85. The third-order valence-corrected chi connectivity index (χ3v) is 2.94. The quantitative estimate of drug-likeness (QED) is 0.897. The molecule has 2 aromatic rings. The predicted octanol–water partition coefficient (Wildman–Crippen LogP) is 3.15. The van der Waals surface area contributed by atoms with Gasteiger partial charge in [-0.3, -0.25) is 4.98 Å². The zero-order valence-electron chi connectivity index (χ0n) is 10.9. The smallest absolute Gasteiger partial charge is 0.123 e. The summed E-state index contributed by atoms with van der Waals surface area (Å²) in [7, 11) is 1.88. The van der Waals surface area contributed by atoms with Crippen LogP contribution < -0.4 is 5.32 Å². The molecule has 1 aromatic carbocycles. The molecule has 0 amide bonds. The molecule has 0 radical (unpaired) electrons. The van der Waals surface area contributed by atoms with Crippen LogP contribution in [0, 0.1) is 19.7 Å². The number of hydrogen-bond acceptors (Lipinski definition) is 2. The van der Waals surface area contributed by atoms with Gasteiger partial charge in [-0.2, -0.15) is 0 Å². The van der Waals surface area contributed by atoms with E-state index in [2.05, 4.69) is 10.3 Å². The zero-order chi connectivity index (χ0) is 13.1. The Kier molecular flexibility index (Phi) is 3.72. The summed E-state index contributed by atoms with van der Waals surface area (Å²) >= 11 is 0. The van der Waals surface area contributed by atoms with Gasteiger partial charge in [-0.05, 0) is 61.9 Å². The monoisotopic (exact) mass is 244 g/mol. The predicted molar refractivity (Wildman–Crippen MR) is 71.0 cm³/mol. The van der Waals surface area contributed by atoms with Crippen LogP contribution in [0.5, 0.6) is 0 Å². The van der Waals surface area contributed by atoms with Crippen LogP contribution in [0.15, 0.2) is 36.5 Å². The molecular weight excluding hydrogens is 227 g/mol. The van der Waals surface area contributed by atoms with Crippen molar-refractivity contribution in [1.82, 2.24) is 10.3 Å². The van der Waals surface area contributed by atoms with Crippen molar-refractivity contribution in [2.45, 2.75) is 19.9 Å². The number of aromatic nitrogens is 1. The first-order valence-electron chi connectivity index (χ1n) is 5.97. The summed E-state index contributed by atoms with van der Waals surface area (Å²) in [6, 6.07) is 9.06. The standard InChI is InChI=1S/C15H17FN2/c1-10-6-13(9-14(16)7-10)15(17-3)12-4-5-18-11(2)8-12/h4-9,15,17H,1-3H3. The molecule has 94 valence electrons. The van der Waals surface area contributed by atoms with Crippen molar-refractivity contribution < 1.29 is 4.39 Å². The molecule has 0 fully saturated rings. The van der Waals surface area contributed by atoms with E-state index in [-0.39, 0.29) is 11.9 Å². The summed E-state index contributed by atoms with van der Waals surface area (Å²) < 4.78 is 13.5. The Morgan fingerprint density at radius 2 is 1.89 bits per heavy atom. The highest BCUT2D eigenvalue weighted by Crippen LogP contribution is 2.23. The molecule has 0 bridgehead atoms. The maximum absolute atomic E-state index is 13.5. The topological polar surface area (TPSA) is 24.9 Å². The Hall–Kier alpha value is -1.74. The fourth-order valence-electron chi connectivity index (χ4n) is 2.20. The molecule has 1 aromatic heterocycles. The van der Waals surface area contributed by atoms with Crippen LogP contribution in [0.25, 0.3) is 0 Å². The number of benzene rings is 1. The largest absolute Gasteiger partial charge is 0.309 e. The Balaban J connectivity index is 2.45. The molecule has 0 saturated carbocycles. The van der Waals surface area contributed by atoms with E-state index in [0.717, 1.165) is 22.4 Å². The maximum atomic E-state index is 13.5. The van der Waals surface area contributed by atoms with E-state index in [4.69, 9.17) is 0 Å². The fraction of sp³-hybridized carbons (Fsp3) is 0.267. The van der Waals surface area contributed by atoms with Crippen molar-refractivity contribution in [2.24, 2.45) is 0 Å². The Bertz CT molecular complexity index is 532. The second-order valence-corrected chi connectivity index (χ2v) is 4.51. The first-order chi connectivity index (χ1) is 8.60. The number of pyridine rings is 1. The summed E-state index contributed by atoms with van der Waals surface area (Å²) in [6.07, 6.45) is 1.78. The lowest BCUT2D eigenvalue weighted by molar-refractivity contribution is 0.615. The van der Waals surface area contributed by atoms with Gasteiger partial charge in [0.15, 0.2) is 0 Å². The van der Waals surface area contributed by atoms with Gasteiger partial charge in [0.25, 0.3) is 0 Å². The minimum absolute atomic E-state index is 0.0129. The molecule has 0 aliphatic carbocycles. The molecule has 0 saturated heterocycles. The molecule has 1 N–H and O–H groups in total. The summed E-state index contributed by atoms with van der Waals surface area (Å²) in [5.74, 6) is -0.198. The Labute approximate surface area is 107 Å². The lowest BCUT2D eigenvalue weighted by atomic mass is 9.97. The highest BCUT2D eigenvalue weighted by atomic mass is 19.1. The van der Waals surface area contributed by atoms with Gasteiger partial charge in [0.05, 0.1) is 6.04 Å². The number of halogens is 1. The first-order valence-corrected chi connectivity index (χ1v) is 5.97. The highest BCUT2D eigenvalue weighted by Gasteiger charge is 2.13. The highest BCUT2D eigenvalue weighted by molar-refractivity contribution is 5.34. The third kappa shape index (κ3) is 2.74. The molecule has 2 nitrogen and oxygen atoms in total. The van der Waals surface area contributed by atoms with Gasteiger partial charge in [0.2, 0.25) is 0 Å². The second kappa shape index (κ2) is 5.27. The van der Waals surface area contributed by atoms with Crippen molar-refractivity contribution in [2.75, 3.05) is 7.05 Å². The Morgan fingerprint density at radius 1 is 1.11 bits per heavy atom. The number of hydrogen-bond donors (Lipinski definition) is 1. The van der Waals surface area contributed by atoms with E-state index in [9.17, 15) is 4.39 Å². The molecule has 0 spiro atoms. The van der Waals surface area contributed by atoms with Crippen molar-refractivity contribution in [3.8, 4) is 0 Å². The minimum atomic E-state index is -0.198. The summed E-state index contributed by atoms with van der Waals surface area (Å²) in [5.41, 5.74) is 3.91. The molecule has 0 aliphatic heterocycles. The average Bonchev–Trinajstić information content (AvgIpc) is 2.28. The van der Waals surface area contributed by atoms with E-state index in [1.165, 1.54) is 6.07 Å². The first kappa shape index (κ1) is 12.7. The molecule has 3 heteroatoms. The molecule has 1 heterocycles. The number of nitrogens with one attached hydrogen (secondary N) is 1. The van der Waals surface area contributed by atoms with Crippen LogP contribution in [0.4, 0.5) is 4.39 Å². The van der Waals surface area contributed by atoms with Crippen LogP contribution >= 0.6 is 0 Å². The lowest BCUT2D eigenvalue weighted by Crippen LogP contribution is -2.18. The van der Waals surface area contributed by atoms with Gasteiger partial charge in [-0.1, -0.05) is 6.07 Å². The fourth-order valence-corrected chi connectivity index (χ4v) is 2.20. The van der Waals surface area contributed by atoms with Crippen LogP contribution in [-0.2, 0) is 0 Å². The molecular formula is C15H17FN2. The normalized spacial score (nSPS) is 12.4. The van der Waals surface area contributed by atoms with Crippen molar-refractivity contribution in [1.29, 1.82) is 0 Å². The molecule has 18 heavy (non-hydrogen) atoms. The van der Waals surface area contributed by atoms with Gasteiger partial charge in [0, 0.05) is 11.9 Å². The van der Waals surface area contributed by atoms with E-state index in [1.807, 2.05) is 39.1 Å². The molecule has 0 aliphatic rings. The van der Waals surface area contributed by atoms with E-state index >= 15 is 0 Å². The molecule has 1 atom stereocenters. The average molecular weight is 244 g/mol.